The van der Waals surface area contributed by atoms with Crippen molar-refractivity contribution in [2.24, 2.45) is 0 Å². The first kappa shape index (κ1) is 17.0. The number of carbonyl (C=O) groups is 2. The Labute approximate surface area is 132 Å². The van der Waals surface area contributed by atoms with Crippen LogP contribution in [0.15, 0.2) is 0 Å². The van der Waals surface area contributed by atoms with Gasteiger partial charge in [0, 0.05) is 46.8 Å². The van der Waals surface area contributed by atoms with E-state index < -0.39 is 0 Å². The minimum atomic E-state index is -0.340. The summed E-state index contributed by atoms with van der Waals surface area (Å²) in [5.41, 5.74) is -0.340. The van der Waals surface area contributed by atoms with Crippen LogP contribution in [-0.4, -0.2) is 104 Å². The third-order valence-electron chi connectivity index (χ3n) is 4.32. The van der Waals surface area contributed by atoms with Crippen molar-refractivity contribution in [2.45, 2.75) is 19.4 Å². The summed E-state index contributed by atoms with van der Waals surface area (Å²) in [5.74, 6) is 0.142. The van der Waals surface area contributed by atoms with Gasteiger partial charge in [0.2, 0.25) is 5.91 Å². The second kappa shape index (κ2) is 6.83. The molecule has 0 unspecified atom stereocenters. The number of ether oxygens (including phenoxy) is 1. The Balaban J connectivity index is 1.94. The molecule has 7 heteroatoms. The number of hydrogen-bond acceptors (Lipinski definition) is 4. The van der Waals surface area contributed by atoms with Gasteiger partial charge in [0.05, 0.1) is 25.3 Å². The van der Waals surface area contributed by atoms with Gasteiger partial charge in [0.1, 0.15) is 0 Å². The number of rotatable bonds is 2. The number of amides is 3. The Morgan fingerprint density at radius 1 is 1.09 bits per heavy atom. The molecule has 3 amide bonds. The molecule has 0 N–H and O–H groups in total. The second-order valence-electron chi connectivity index (χ2n) is 6.84. The van der Waals surface area contributed by atoms with Crippen molar-refractivity contribution in [3.63, 3.8) is 0 Å². The van der Waals surface area contributed by atoms with Crippen LogP contribution in [0.25, 0.3) is 0 Å². The molecule has 126 valence electrons. The van der Waals surface area contributed by atoms with E-state index in [4.69, 9.17) is 4.74 Å². The van der Waals surface area contributed by atoms with Gasteiger partial charge in [-0.25, -0.2) is 4.79 Å². The standard InChI is InChI=1S/C15H28N4O3/c1-15(2)12-18(14(21)16(3)4)5-6-19(15)13(20)11-17-7-9-22-10-8-17/h5-12H2,1-4H3. The molecule has 0 aromatic rings. The van der Waals surface area contributed by atoms with Crippen LogP contribution in [-0.2, 0) is 9.53 Å². The molecular weight excluding hydrogens is 284 g/mol. The van der Waals surface area contributed by atoms with Gasteiger partial charge in [-0.15, -0.1) is 0 Å². The lowest BCUT2D eigenvalue weighted by Gasteiger charge is -2.48. The summed E-state index contributed by atoms with van der Waals surface area (Å²) in [5, 5.41) is 0. The molecule has 0 aromatic heterocycles. The summed E-state index contributed by atoms with van der Waals surface area (Å²) in [7, 11) is 3.51. The van der Waals surface area contributed by atoms with Crippen LogP contribution in [0.3, 0.4) is 0 Å². The predicted octanol–water partition coefficient (Wildman–Crippen LogP) is -0.0770. The average Bonchev–Trinajstić information content (AvgIpc) is 2.46. The predicted molar refractivity (Wildman–Crippen MR) is 83.7 cm³/mol. The monoisotopic (exact) mass is 312 g/mol. The minimum Gasteiger partial charge on any atom is -0.379 e. The van der Waals surface area contributed by atoms with E-state index in [-0.39, 0.29) is 17.5 Å². The molecule has 2 fully saturated rings. The summed E-state index contributed by atoms with van der Waals surface area (Å²) in [6.07, 6.45) is 0. The van der Waals surface area contributed by atoms with Gasteiger partial charge in [-0.2, -0.15) is 0 Å². The number of hydrogen-bond donors (Lipinski definition) is 0. The fourth-order valence-corrected chi connectivity index (χ4v) is 3.10. The molecule has 0 spiro atoms. The summed E-state index contributed by atoms with van der Waals surface area (Å²) in [6.45, 7) is 9.26. The van der Waals surface area contributed by atoms with Crippen LogP contribution in [0.2, 0.25) is 0 Å². The zero-order chi connectivity index (χ0) is 16.3. The maximum atomic E-state index is 12.6. The van der Waals surface area contributed by atoms with E-state index in [0.29, 0.717) is 39.4 Å². The van der Waals surface area contributed by atoms with Crippen LogP contribution in [0.4, 0.5) is 4.79 Å². The van der Waals surface area contributed by atoms with E-state index in [9.17, 15) is 9.59 Å². The molecule has 0 bridgehead atoms. The summed E-state index contributed by atoms with van der Waals surface area (Å²) >= 11 is 0. The Morgan fingerprint density at radius 3 is 2.27 bits per heavy atom. The molecular formula is C15H28N4O3. The van der Waals surface area contributed by atoms with E-state index in [2.05, 4.69) is 4.90 Å². The van der Waals surface area contributed by atoms with Crippen LogP contribution < -0.4 is 0 Å². The maximum absolute atomic E-state index is 12.6. The highest BCUT2D eigenvalue weighted by Gasteiger charge is 2.38. The van der Waals surface area contributed by atoms with Crippen LogP contribution in [0, 0.1) is 0 Å². The van der Waals surface area contributed by atoms with Crippen molar-refractivity contribution < 1.29 is 14.3 Å². The molecule has 2 aliphatic heterocycles. The van der Waals surface area contributed by atoms with Gasteiger partial charge in [0.15, 0.2) is 0 Å². The topological polar surface area (TPSA) is 56.3 Å². The van der Waals surface area contributed by atoms with E-state index in [1.165, 1.54) is 0 Å². The first-order chi connectivity index (χ1) is 10.3. The Bertz CT molecular complexity index is 419. The molecule has 0 radical (unpaired) electrons. The first-order valence-corrected chi connectivity index (χ1v) is 7.88. The number of nitrogens with zero attached hydrogens (tertiary/aromatic N) is 4. The van der Waals surface area contributed by atoms with E-state index in [0.717, 1.165) is 13.1 Å². The van der Waals surface area contributed by atoms with Crippen molar-refractivity contribution in [2.75, 3.05) is 66.6 Å². The lowest BCUT2D eigenvalue weighted by Crippen LogP contribution is -2.64. The van der Waals surface area contributed by atoms with Gasteiger partial charge in [0.25, 0.3) is 0 Å². The SMILES string of the molecule is CN(C)C(=O)N1CCN(C(=O)CN2CCOCC2)C(C)(C)C1. The van der Waals surface area contributed by atoms with E-state index in [1.54, 1.807) is 19.0 Å². The average molecular weight is 312 g/mol. The molecule has 2 rings (SSSR count). The Morgan fingerprint density at radius 2 is 1.73 bits per heavy atom. The number of carbonyl (C=O) groups excluding carboxylic acids is 2. The van der Waals surface area contributed by atoms with E-state index >= 15 is 0 Å². The van der Waals surface area contributed by atoms with Crippen LogP contribution >= 0.6 is 0 Å². The number of morpholine rings is 1. The molecule has 7 nitrogen and oxygen atoms in total. The highest BCUT2D eigenvalue weighted by Crippen LogP contribution is 2.22. The summed E-state index contributed by atoms with van der Waals surface area (Å²) in [4.78, 5) is 32.2. The highest BCUT2D eigenvalue weighted by atomic mass is 16.5. The highest BCUT2D eigenvalue weighted by molar-refractivity contribution is 5.80. The lowest BCUT2D eigenvalue weighted by molar-refractivity contribution is -0.142. The molecule has 2 aliphatic rings. The van der Waals surface area contributed by atoms with E-state index in [1.807, 2.05) is 23.6 Å². The zero-order valence-corrected chi connectivity index (χ0v) is 14.2. The van der Waals surface area contributed by atoms with Crippen molar-refractivity contribution in [3.05, 3.63) is 0 Å². The smallest absolute Gasteiger partial charge is 0.319 e. The molecule has 0 aliphatic carbocycles. The molecule has 0 atom stereocenters. The van der Waals surface area contributed by atoms with Gasteiger partial charge in [-0.1, -0.05) is 0 Å². The van der Waals surface area contributed by atoms with Gasteiger partial charge < -0.3 is 19.4 Å². The fraction of sp³-hybridized carbons (Fsp3) is 0.867. The van der Waals surface area contributed by atoms with Crippen molar-refractivity contribution >= 4 is 11.9 Å². The first-order valence-electron chi connectivity index (χ1n) is 7.88. The third kappa shape index (κ3) is 3.89. The van der Waals surface area contributed by atoms with Crippen molar-refractivity contribution in [1.82, 2.24) is 19.6 Å². The molecule has 0 saturated carbocycles. The lowest BCUT2D eigenvalue weighted by atomic mass is 9.98. The van der Waals surface area contributed by atoms with Crippen molar-refractivity contribution in [1.29, 1.82) is 0 Å². The normalized spacial score (nSPS) is 22.5. The molecule has 2 saturated heterocycles. The van der Waals surface area contributed by atoms with Gasteiger partial charge >= 0.3 is 6.03 Å². The third-order valence-corrected chi connectivity index (χ3v) is 4.32. The zero-order valence-electron chi connectivity index (χ0n) is 14.2. The quantitative estimate of drug-likeness (QED) is 0.716. The minimum absolute atomic E-state index is 0.00773. The van der Waals surface area contributed by atoms with Gasteiger partial charge in [-0.05, 0) is 13.8 Å². The number of piperazine rings is 1. The van der Waals surface area contributed by atoms with Crippen molar-refractivity contribution in [3.8, 4) is 0 Å². The summed E-state index contributed by atoms with van der Waals surface area (Å²) in [6, 6.07) is 0.00773. The Hall–Kier alpha value is -1.34. The van der Waals surface area contributed by atoms with Crippen LogP contribution in [0.5, 0.6) is 0 Å². The largest absolute Gasteiger partial charge is 0.379 e. The van der Waals surface area contributed by atoms with Crippen LogP contribution in [0.1, 0.15) is 13.8 Å². The summed E-state index contributed by atoms with van der Waals surface area (Å²) < 4.78 is 5.32. The maximum Gasteiger partial charge on any atom is 0.319 e. The number of urea groups is 1. The molecule has 0 aromatic carbocycles. The molecule has 22 heavy (non-hydrogen) atoms. The second-order valence-corrected chi connectivity index (χ2v) is 6.84. The fourth-order valence-electron chi connectivity index (χ4n) is 3.10. The molecule has 2 heterocycles. The Kier molecular flexibility index (Phi) is 5.28. The van der Waals surface area contributed by atoms with Gasteiger partial charge in [-0.3, -0.25) is 9.69 Å².